The van der Waals surface area contributed by atoms with Crippen molar-refractivity contribution in [2.75, 3.05) is 0 Å². The van der Waals surface area contributed by atoms with Gasteiger partial charge >= 0.3 is 11.9 Å². The quantitative estimate of drug-likeness (QED) is 0.484. The van der Waals surface area contributed by atoms with Gasteiger partial charge in [0, 0.05) is 6.20 Å². The molecule has 4 rings (SSSR count). The minimum absolute atomic E-state index is 0.0350. The van der Waals surface area contributed by atoms with Gasteiger partial charge in [-0.05, 0) is 19.1 Å². The van der Waals surface area contributed by atoms with Crippen LogP contribution in [-0.4, -0.2) is 48.6 Å². The highest BCUT2D eigenvalue weighted by Gasteiger charge is 2.40. The van der Waals surface area contributed by atoms with Gasteiger partial charge in [0.1, 0.15) is 17.0 Å². The van der Waals surface area contributed by atoms with E-state index >= 15 is 0 Å². The van der Waals surface area contributed by atoms with Gasteiger partial charge in [-0.15, -0.1) is 0 Å². The molecule has 0 saturated carbocycles. The molecule has 3 heterocycles. The Labute approximate surface area is 161 Å². The summed E-state index contributed by atoms with van der Waals surface area (Å²) in [6, 6.07) is 2.98. The number of aliphatic carboxylic acids is 1. The molecule has 0 bridgehead atoms. The van der Waals surface area contributed by atoms with E-state index in [2.05, 4.69) is 15.3 Å². The van der Waals surface area contributed by atoms with Crippen LogP contribution in [0.4, 0.5) is 0 Å². The number of rotatable bonds is 5. The standard InChI is InChI=1S/C18H12N4O7/c1-8-12(18(27)29-10-7-22(21-20-10)6-4-11(23)24)13-16(26)14-9(3-2-5-19-14)15(25)17(13)28-8/h2-3,5,7H,4,6H2,1H3,(H,23,24). The zero-order valence-electron chi connectivity index (χ0n) is 14.9. The number of carbonyl (C=O) groups excluding carboxylic acids is 3. The third-order valence-corrected chi connectivity index (χ3v) is 4.26. The number of aromatic nitrogens is 4. The van der Waals surface area contributed by atoms with Gasteiger partial charge in [0.05, 0.1) is 30.3 Å². The molecule has 1 N–H and O–H groups in total. The van der Waals surface area contributed by atoms with Crippen LogP contribution in [0.2, 0.25) is 0 Å². The van der Waals surface area contributed by atoms with Crippen molar-refractivity contribution in [3.63, 3.8) is 0 Å². The van der Waals surface area contributed by atoms with Crippen LogP contribution < -0.4 is 4.74 Å². The van der Waals surface area contributed by atoms with E-state index in [9.17, 15) is 19.2 Å². The van der Waals surface area contributed by atoms with E-state index in [-0.39, 0.29) is 52.8 Å². The topological polar surface area (TPSA) is 154 Å². The fraction of sp³-hybridized carbons (Fsp3) is 0.167. The lowest BCUT2D eigenvalue weighted by Crippen LogP contribution is -2.23. The first-order chi connectivity index (χ1) is 13.9. The van der Waals surface area contributed by atoms with Crippen LogP contribution in [0.3, 0.4) is 0 Å². The van der Waals surface area contributed by atoms with Crippen molar-refractivity contribution in [1.29, 1.82) is 0 Å². The summed E-state index contributed by atoms with van der Waals surface area (Å²) in [6.07, 6.45) is 2.43. The maximum absolute atomic E-state index is 12.8. The third-order valence-electron chi connectivity index (χ3n) is 4.26. The highest BCUT2D eigenvalue weighted by atomic mass is 16.5. The van der Waals surface area contributed by atoms with Crippen molar-refractivity contribution < 1.29 is 33.4 Å². The molecule has 1 aliphatic carbocycles. The second-order valence-electron chi connectivity index (χ2n) is 6.15. The second-order valence-corrected chi connectivity index (χ2v) is 6.15. The van der Waals surface area contributed by atoms with Crippen molar-refractivity contribution in [2.45, 2.75) is 19.9 Å². The monoisotopic (exact) mass is 396 g/mol. The Bertz CT molecular complexity index is 1190. The number of esters is 1. The van der Waals surface area contributed by atoms with Gasteiger partial charge in [0.25, 0.3) is 5.88 Å². The Morgan fingerprint density at radius 2 is 2.07 bits per heavy atom. The van der Waals surface area contributed by atoms with E-state index in [0.717, 1.165) is 0 Å². The number of carbonyl (C=O) groups is 4. The van der Waals surface area contributed by atoms with Gasteiger partial charge in [0.15, 0.2) is 5.76 Å². The van der Waals surface area contributed by atoms with Gasteiger partial charge in [-0.3, -0.25) is 19.4 Å². The van der Waals surface area contributed by atoms with Gasteiger partial charge in [-0.2, -0.15) is 0 Å². The molecule has 3 aromatic heterocycles. The number of aryl methyl sites for hydroxylation is 2. The van der Waals surface area contributed by atoms with Crippen LogP contribution in [-0.2, 0) is 11.3 Å². The van der Waals surface area contributed by atoms with Crippen molar-refractivity contribution in [3.8, 4) is 5.88 Å². The van der Waals surface area contributed by atoms with E-state index in [1.54, 1.807) is 0 Å². The first kappa shape index (κ1) is 18.2. The summed E-state index contributed by atoms with van der Waals surface area (Å²) in [7, 11) is 0. The Balaban J connectivity index is 1.64. The number of carboxylic acid groups (broad SMARTS) is 1. The maximum Gasteiger partial charge on any atom is 0.349 e. The number of nitrogens with zero attached hydrogens (tertiary/aromatic N) is 4. The number of carboxylic acids is 1. The number of ketones is 2. The summed E-state index contributed by atoms with van der Waals surface area (Å²) in [5, 5.41) is 16.0. The van der Waals surface area contributed by atoms with Crippen molar-refractivity contribution >= 4 is 23.5 Å². The zero-order valence-corrected chi connectivity index (χ0v) is 14.9. The lowest BCUT2D eigenvalue weighted by molar-refractivity contribution is -0.137. The number of furan rings is 1. The fourth-order valence-corrected chi connectivity index (χ4v) is 2.97. The zero-order chi connectivity index (χ0) is 20.7. The molecule has 3 aromatic rings. The molecular formula is C18H12N4O7. The van der Waals surface area contributed by atoms with Gasteiger partial charge in [-0.25, -0.2) is 9.48 Å². The maximum atomic E-state index is 12.8. The third kappa shape index (κ3) is 3.08. The molecule has 0 radical (unpaired) electrons. The van der Waals surface area contributed by atoms with Crippen LogP contribution >= 0.6 is 0 Å². The summed E-state index contributed by atoms with van der Waals surface area (Å²) in [6.45, 7) is 1.47. The molecule has 0 aliphatic heterocycles. The molecule has 0 aromatic carbocycles. The van der Waals surface area contributed by atoms with Gasteiger partial charge in [0.2, 0.25) is 11.6 Å². The number of ether oxygens (including phenoxy) is 1. The molecule has 11 nitrogen and oxygen atoms in total. The molecule has 0 fully saturated rings. The van der Waals surface area contributed by atoms with Crippen molar-refractivity contribution in [2.24, 2.45) is 0 Å². The van der Waals surface area contributed by atoms with Crippen LogP contribution in [0, 0.1) is 6.92 Å². The van der Waals surface area contributed by atoms with Crippen LogP contribution in [0.5, 0.6) is 5.88 Å². The average Bonchev–Trinajstić information content (AvgIpc) is 3.28. The van der Waals surface area contributed by atoms with E-state index in [0.29, 0.717) is 0 Å². The minimum atomic E-state index is -1.02. The van der Waals surface area contributed by atoms with Crippen molar-refractivity contribution in [3.05, 3.63) is 58.4 Å². The summed E-state index contributed by atoms with van der Waals surface area (Å²) in [5.74, 6) is -3.55. The molecule has 0 saturated heterocycles. The molecule has 29 heavy (non-hydrogen) atoms. The molecule has 0 spiro atoms. The molecule has 1 aliphatic rings. The highest BCUT2D eigenvalue weighted by Crippen LogP contribution is 2.32. The first-order valence-corrected chi connectivity index (χ1v) is 8.38. The second kappa shape index (κ2) is 6.78. The molecular weight excluding hydrogens is 384 g/mol. The molecule has 0 unspecified atom stereocenters. The largest absolute Gasteiger partial charge is 0.481 e. The first-order valence-electron chi connectivity index (χ1n) is 8.38. The molecule has 0 atom stereocenters. The summed E-state index contributed by atoms with van der Waals surface area (Å²) >= 11 is 0. The Kier molecular flexibility index (Phi) is 4.26. The SMILES string of the molecule is Cc1oc2c(c1C(=O)Oc1cn(CCC(=O)O)nn1)C(=O)c1ncccc1C2=O. The number of pyridine rings is 1. The molecule has 11 heteroatoms. The van der Waals surface area contributed by atoms with Gasteiger partial charge < -0.3 is 14.3 Å². The van der Waals surface area contributed by atoms with Gasteiger partial charge in [-0.1, -0.05) is 10.3 Å². The minimum Gasteiger partial charge on any atom is -0.481 e. The fourth-order valence-electron chi connectivity index (χ4n) is 2.97. The predicted octanol–water partition coefficient (Wildman–Crippen LogP) is 1.04. The average molecular weight is 396 g/mol. The van der Waals surface area contributed by atoms with Crippen molar-refractivity contribution in [1.82, 2.24) is 20.0 Å². The van der Waals surface area contributed by atoms with E-state index in [1.165, 1.54) is 36.1 Å². The Morgan fingerprint density at radius 3 is 2.83 bits per heavy atom. The number of fused-ring (bicyclic) bond motifs is 2. The normalized spacial score (nSPS) is 12.4. The summed E-state index contributed by atoms with van der Waals surface area (Å²) in [4.78, 5) is 52.7. The van der Waals surface area contributed by atoms with E-state index < -0.39 is 23.5 Å². The van der Waals surface area contributed by atoms with Crippen LogP contribution in [0.1, 0.15) is 54.7 Å². The highest BCUT2D eigenvalue weighted by molar-refractivity contribution is 6.29. The van der Waals surface area contributed by atoms with E-state index in [4.69, 9.17) is 14.3 Å². The lowest BCUT2D eigenvalue weighted by atomic mass is 9.90. The molecule has 0 amide bonds. The Hall–Kier alpha value is -4.15. The number of hydrogen-bond donors (Lipinski definition) is 1. The summed E-state index contributed by atoms with van der Waals surface area (Å²) < 4.78 is 11.7. The van der Waals surface area contributed by atoms with Crippen LogP contribution in [0.25, 0.3) is 0 Å². The lowest BCUT2D eigenvalue weighted by Gasteiger charge is -2.12. The predicted molar refractivity (Wildman–Crippen MR) is 91.8 cm³/mol. The Morgan fingerprint density at radius 1 is 1.28 bits per heavy atom. The molecule has 146 valence electrons. The van der Waals surface area contributed by atoms with E-state index in [1.807, 2.05) is 0 Å². The van der Waals surface area contributed by atoms with Crippen LogP contribution in [0.15, 0.2) is 28.9 Å². The summed E-state index contributed by atoms with van der Waals surface area (Å²) in [5.41, 5.74) is -0.379. The number of hydrogen-bond acceptors (Lipinski definition) is 9. The smallest absolute Gasteiger partial charge is 0.349 e.